The number of halogens is 2. The molecule has 100 valence electrons. The zero-order valence-corrected chi connectivity index (χ0v) is 10.8. The van der Waals surface area contributed by atoms with Crippen LogP contribution < -0.4 is 5.73 Å². The lowest BCUT2D eigenvalue weighted by atomic mass is 10.2. The SMILES string of the molecule is Nc1cc(F)c(S(=O)CCc2ccncc2)c(F)c1. The third kappa shape index (κ3) is 3.35. The van der Waals surface area contributed by atoms with Gasteiger partial charge in [0.1, 0.15) is 16.5 Å². The largest absolute Gasteiger partial charge is 0.399 e. The summed E-state index contributed by atoms with van der Waals surface area (Å²) in [6.07, 6.45) is 3.68. The first-order chi connectivity index (χ1) is 9.08. The number of hydrogen-bond acceptors (Lipinski definition) is 3. The van der Waals surface area contributed by atoms with Crippen LogP contribution in [-0.4, -0.2) is 14.9 Å². The van der Waals surface area contributed by atoms with Crippen LogP contribution >= 0.6 is 0 Å². The molecule has 1 aromatic heterocycles. The van der Waals surface area contributed by atoms with Gasteiger partial charge in [-0.3, -0.25) is 9.19 Å². The van der Waals surface area contributed by atoms with Crippen LogP contribution in [0.4, 0.5) is 14.5 Å². The Labute approximate surface area is 111 Å². The van der Waals surface area contributed by atoms with E-state index in [2.05, 4.69) is 4.98 Å². The summed E-state index contributed by atoms with van der Waals surface area (Å²) in [6, 6.07) is 5.49. The molecule has 1 atom stereocenters. The van der Waals surface area contributed by atoms with Crippen LogP contribution in [0.2, 0.25) is 0 Å². The smallest absolute Gasteiger partial charge is 0.144 e. The molecule has 2 rings (SSSR count). The molecule has 0 saturated heterocycles. The van der Waals surface area contributed by atoms with E-state index < -0.39 is 27.3 Å². The molecule has 1 aromatic carbocycles. The average molecular weight is 282 g/mol. The second-order valence-electron chi connectivity index (χ2n) is 3.97. The van der Waals surface area contributed by atoms with Gasteiger partial charge in [-0.05, 0) is 36.2 Å². The number of aryl methyl sites for hydroxylation is 1. The molecule has 19 heavy (non-hydrogen) atoms. The molecule has 6 heteroatoms. The normalized spacial score (nSPS) is 12.3. The van der Waals surface area contributed by atoms with E-state index >= 15 is 0 Å². The predicted octanol–water partition coefficient (Wildman–Crippen LogP) is 2.29. The molecule has 0 aliphatic heterocycles. The first kappa shape index (κ1) is 13.6. The summed E-state index contributed by atoms with van der Waals surface area (Å²) in [5.41, 5.74) is 6.20. The molecule has 0 aliphatic carbocycles. The summed E-state index contributed by atoms with van der Waals surface area (Å²) < 4.78 is 39.1. The topological polar surface area (TPSA) is 56.0 Å². The molecule has 3 nitrogen and oxygen atoms in total. The highest BCUT2D eigenvalue weighted by molar-refractivity contribution is 7.85. The van der Waals surface area contributed by atoms with Crippen molar-refractivity contribution < 1.29 is 13.0 Å². The predicted molar refractivity (Wildman–Crippen MR) is 70.0 cm³/mol. The highest BCUT2D eigenvalue weighted by Gasteiger charge is 2.16. The van der Waals surface area contributed by atoms with E-state index in [0.717, 1.165) is 17.7 Å². The quantitative estimate of drug-likeness (QED) is 0.875. The van der Waals surface area contributed by atoms with Crippen LogP contribution in [0.15, 0.2) is 41.6 Å². The van der Waals surface area contributed by atoms with Gasteiger partial charge in [0.15, 0.2) is 0 Å². The fraction of sp³-hybridized carbons (Fsp3) is 0.154. The molecule has 1 heterocycles. The van der Waals surface area contributed by atoms with Gasteiger partial charge in [-0.25, -0.2) is 8.78 Å². The Morgan fingerprint density at radius 2 is 1.74 bits per heavy atom. The molecule has 1 unspecified atom stereocenters. The summed E-state index contributed by atoms with van der Waals surface area (Å²) in [6.45, 7) is 0. The van der Waals surface area contributed by atoms with Gasteiger partial charge in [0, 0.05) is 23.8 Å². The van der Waals surface area contributed by atoms with E-state index in [0.29, 0.717) is 6.42 Å². The third-order valence-corrected chi connectivity index (χ3v) is 3.99. The van der Waals surface area contributed by atoms with Crippen molar-refractivity contribution >= 4 is 16.5 Å². The lowest BCUT2D eigenvalue weighted by Crippen LogP contribution is -2.07. The van der Waals surface area contributed by atoms with Crippen molar-refractivity contribution in [2.45, 2.75) is 11.3 Å². The molecule has 0 saturated carbocycles. The molecule has 0 bridgehead atoms. The Kier molecular flexibility index (Phi) is 4.21. The standard InChI is InChI=1S/C13H12F2N2OS/c14-11-7-10(16)8-12(15)13(11)19(18)6-3-9-1-4-17-5-2-9/h1-2,4-5,7-8H,3,6,16H2. The summed E-state index contributed by atoms with van der Waals surface area (Å²) >= 11 is 0. The number of rotatable bonds is 4. The van der Waals surface area contributed by atoms with Crippen molar-refractivity contribution in [3.63, 3.8) is 0 Å². The Hall–Kier alpha value is -1.82. The van der Waals surface area contributed by atoms with Crippen molar-refractivity contribution in [2.75, 3.05) is 11.5 Å². The number of hydrogen-bond donors (Lipinski definition) is 1. The number of aromatic nitrogens is 1. The maximum absolute atomic E-state index is 13.6. The number of nitrogens with two attached hydrogens (primary N) is 1. The average Bonchev–Trinajstić information content (AvgIpc) is 2.36. The molecular weight excluding hydrogens is 270 g/mol. The first-order valence-corrected chi connectivity index (χ1v) is 6.91. The summed E-state index contributed by atoms with van der Waals surface area (Å²) in [5.74, 6) is -1.60. The van der Waals surface area contributed by atoms with Gasteiger partial charge in [-0.1, -0.05) is 0 Å². The maximum atomic E-state index is 13.6. The van der Waals surface area contributed by atoms with Gasteiger partial charge in [-0.2, -0.15) is 0 Å². The molecule has 2 aromatic rings. The van der Waals surface area contributed by atoms with E-state index in [4.69, 9.17) is 5.73 Å². The number of pyridine rings is 1. The van der Waals surface area contributed by atoms with Gasteiger partial charge in [0.05, 0.1) is 10.8 Å². The van der Waals surface area contributed by atoms with Gasteiger partial charge < -0.3 is 5.73 Å². The minimum Gasteiger partial charge on any atom is -0.399 e. The van der Waals surface area contributed by atoms with Crippen LogP contribution in [0.25, 0.3) is 0 Å². The van der Waals surface area contributed by atoms with Gasteiger partial charge in [0.2, 0.25) is 0 Å². The second kappa shape index (κ2) is 5.88. The summed E-state index contributed by atoms with van der Waals surface area (Å²) in [4.78, 5) is 3.45. The molecule has 0 radical (unpaired) electrons. The number of anilines is 1. The first-order valence-electron chi connectivity index (χ1n) is 5.59. The van der Waals surface area contributed by atoms with E-state index in [1.807, 2.05) is 0 Å². The molecule has 0 spiro atoms. The Balaban J connectivity index is 2.13. The van der Waals surface area contributed by atoms with Crippen molar-refractivity contribution in [1.29, 1.82) is 0 Å². The van der Waals surface area contributed by atoms with Crippen LogP contribution in [0.5, 0.6) is 0 Å². The van der Waals surface area contributed by atoms with Crippen molar-refractivity contribution in [3.8, 4) is 0 Å². The second-order valence-corrected chi connectivity index (χ2v) is 5.48. The van der Waals surface area contributed by atoms with Crippen molar-refractivity contribution in [3.05, 3.63) is 53.9 Å². The zero-order valence-electron chi connectivity index (χ0n) is 9.98. The fourth-order valence-corrected chi connectivity index (χ4v) is 2.84. The van der Waals surface area contributed by atoms with Crippen molar-refractivity contribution in [2.24, 2.45) is 0 Å². The molecule has 2 N–H and O–H groups in total. The van der Waals surface area contributed by atoms with Gasteiger partial charge in [0.25, 0.3) is 0 Å². The van der Waals surface area contributed by atoms with Gasteiger partial charge >= 0.3 is 0 Å². The van der Waals surface area contributed by atoms with E-state index in [-0.39, 0.29) is 11.4 Å². The highest BCUT2D eigenvalue weighted by atomic mass is 32.2. The van der Waals surface area contributed by atoms with E-state index in [1.165, 1.54) is 0 Å². The molecule has 0 aliphatic rings. The zero-order chi connectivity index (χ0) is 13.8. The summed E-state index contributed by atoms with van der Waals surface area (Å²) in [5, 5.41) is 0. The third-order valence-electron chi connectivity index (χ3n) is 2.57. The monoisotopic (exact) mass is 282 g/mol. The molecular formula is C13H12F2N2OS. The van der Waals surface area contributed by atoms with Crippen molar-refractivity contribution in [1.82, 2.24) is 4.98 Å². The lowest BCUT2D eigenvalue weighted by molar-refractivity contribution is 0.535. The van der Waals surface area contributed by atoms with Crippen LogP contribution in [0.3, 0.4) is 0 Å². The van der Waals surface area contributed by atoms with E-state index in [1.54, 1.807) is 24.5 Å². The summed E-state index contributed by atoms with van der Waals surface area (Å²) in [7, 11) is -1.74. The number of benzene rings is 1. The maximum Gasteiger partial charge on any atom is 0.144 e. The Bertz CT molecular complexity index is 582. The Morgan fingerprint density at radius 1 is 1.16 bits per heavy atom. The van der Waals surface area contributed by atoms with Gasteiger partial charge in [-0.15, -0.1) is 0 Å². The minimum atomic E-state index is -1.74. The number of nitrogens with zero attached hydrogens (tertiary/aromatic N) is 1. The lowest BCUT2D eigenvalue weighted by Gasteiger charge is -2.06. The molecule has 0 amide bonds. The Morgan fingerprint density at radius 3 is 2.32 bits per heavy atom. The highest BCUT2D eigenvalue weighted by Crippen LogP contribution is 2.21. The van der Waals surface area contributed by atoms with E-state index in [9.17, 15) is 13.0 Å². The number of nitrogen functional groups attached to an aromatic ring is 1. The van der Waals surface area contributed by atoms with Crippen LogP contribution in [-0.2, 0) is 17.2 Å². The van der Waals surface area contributed by atoms with Crippen LogP contribution in [0, 0.1) is 11.6 Å². The van der Waals surface area contributed by atoms with Crippen LogP contribution in [0.1, 0.15) is 5.56 Å². The minimum absolute atomic E-state index is 0.0233. The molecule has 0 fully saturated rings. The fourth-order valence-electron chi connectivity index (χ4n) is 1.66.